The zero-order valence-electron chi connectivity index (χ0n) is 14.7. The van der Waals surface area contributed by atoms with Crippen molar-refractivity contribution in [2.75, 3.05) is 25.1 Å². The van der Waals surface area contributed by atoms with Gasteiger partial charge in [0.05, 0.1) is 17.0 Å². The Bertz CT molecular complexity index is 898. The molecule has 0 radical (unpaired) electrons. The molecular weight excluding hydrogens is 350 g/mol. The summed E-state index contributed by atoms with van der Waals surface area (Å²) in [5.41, 5.74) is 9.78. The van der Waals surface area contributed by atoms with Crippen molar-refractivity contribution in [2.45, 2.75) is 13.3 Å². The van der Waals surface area contributed by atoms with E-state index >= 15 is 0 Å². The molecule has 0 saturated carbocycles. The van der Waals surface area contributed by atoms with E-state index in [0.717, 1.165) is 16.7 Å². The fourth-order valence-corrected chi connectivity index (χ4v) is 3.52. The first kappa shape index (κ1) is 18.4. The number of hydrogen-bond acceptors (Lipinski definition) is 7. The summed E-state index contributed by atoms with van der Waals surface area (Å²) < 4.78 is 21.3. The minimum Gasteiger partial charge on any atom is -0.368 e. The molecule has 0 unspecified atom stereocenters. The molecule has 3 heterocycles. The number of aromatic nitrogens is 3. The van der Waals surface area contributed by atoms with Crippen molar-refractivity contribution in [3.63, 3.8) is 0 Å². The third-order valence-corrected chi connectivity index (χ3v) is 5.38. The lowest BCUT2D eigenvalue weighted by Gasteiger charge is -2.41. The highest BCUT2D eigenvalue weighted by Gasteiger charge is 2.23. The fraction of sp³-hybridized carbons (Fsp3) is 0.278. The normalized spacial score (nSPS) is 15.8. The third kappa shape index (κ3) is 4.20. The maximum atomic E-state index is 9.81. The predicted octanol–water partition coefficient (Wildman–Crippen LogP) is 2.55. The SMILES string of the molecule is Cc1nc(N)nc(C2=CCN(S(C)(O)O)CC2)c1C#Cc1cccnc1. The van der Waals surface area contributed by atoms with Crippen molar-refractivity contribution in [1.82, 2.24) is 19.3 Å². The molecule has 0 saturated heterocycles. The van der Waals surface area contributed by atoms with Crippen LogP contribution in [0.4, 0.5) is 5.95 Å². The van der Waals surface area contributed by atoms with E-state index in [1.165, 1.54) is 6.26 Å². The maximum absolute atomic E-state index is 9.81. The summed E-state index contributed by atoms with van der Waals surface area (Å²) in [6.07, 6.45) is 7.40. The summed E-state index contributed by atoms with van der Waals surface area (Å²) in [5.74, 6) is 6.43. The largest absolute Gasteiger partial charge is 0.368 e. The fourth-order valence-electron chi connectivity index (χ4n) is 2.73. The second-order valence-corrected chi connectivity index (χ2v) is 8.14. The Morgan fingerprint density at radius 3 is 2.69 bits per heavy atom. The molecule has 1 aliphatic heterocycles. The summed E-state index contributed by atoms with van der Waals surface area (Å²) in [6, 6.07) is 3.72. The Labute approximate surface area is 154 Å². The van der Waals surface area contributed by atoms with Crippen LogP contribution >= 0.6 is 10.8 Å². The zero-order chi connectivity index (χ0) is 18.7. The minimum atomic E-state index is -2.71. The highest BCUT2D eigenvalue weighted by molar-refractivity contribution is 8.21. The Balaban J connectivity index is 1.98. The molecule has 0 amide bonds. The number of rotatable bonds is 2. The van der Waals surface area contributed by atoms with Crippen LogP contribution in [-0.2, 0) is 0 Å². The molecule has 4 N–H and O–H groups in total. The maximum Gasteiger partial charge on any atom is 0.220 e. The van der Waals surface area contributed by atoms with Crippen LogP contribution in [0, 0.1) is 18.8 Å². The molecule has 0 fully saturated rings. The second-order valence-electron chi connectivity index (χ2n) is 6.04. The number of aryl methyl sites for hydroxylation is 1. The van der Waals surface area contributed by atoms with Gasteiger partial charge in [0.2, 0.25) is 5.95 Å². The van der Waals surface area contributed by atoms with Crippen molar-refractivity contribution in [3.8, 4) is 11.8 Å². The van der Waals surface area contributed by atoms with Crippen molar-refractivity contribution >= 4 is 22.3 Å². The van der Waals surface area contributed by atoms with Gasteiger partial charge < -0.3 is 5.73 Å². The summed E-state index contributed by atoms with van der Waals surface area (Å²) in [5, 5.41) is 0. The van der Waals surface area contributed by atoms with E-state index in [0.29, 0.717) is 30.9 Å². The first-order valence-corrected chi connectivity index (χ1v) is 9.99. The van der Waals surface area contributed by atoms with Crippen molar-refractivity contribution in [3.05, 3.63) is 53.1 Å². The van der Waals surface area contributed by atoms with Gasteiger partial charge in [-0.3, -0.25) is 14.1 Å². The lowest BCUT2D eigenvalue weighted by atomic mass is 10.00. The van der Waals surface area contributed by atoms with Crippen LogP contribution in [-0.4, -0.2) is 47.7 Å². The van der Waals surface area contributed by atoms with Crippen molar-refractivity contribution in [2.24, 2.45) is 0 Å². The molecule has 0 spiro atoms. The Kier molecular flexibility index (Phi) is 5.25. The highest BCUT2D eigenvalue weighted by Crippen LogP contribution is 2.41. The number of pyridine rings is 1. The van der Waals surface area contributed by atoms with Gasteiger partial charge in [0.25, 0.3) is 0 Å². The molecule has 7 nitrogen and oxygen atoms in total. The molecule has 0 aromatic carbocycles. The van der Waals surface area contributed by atoms with E-state index in [4.69, 9.17) is 5.73 Å². The Morgan fingerprint density at radius 1 is 1.27 bits per heavy atom. The van der Waals surface area contributed by atoms with Crippen LogP contribution in [0.25, 0.3) is 5.57 Å². The van der Waals surface area contributed by atoms with E-state index in [1.807, 2.05) is 25.1 Å². The van der Waals surface area contributed by atoms with Crippen LogP contribution in [0.3, 0.4) is 0 Å². The summed E-state index contributed by atoms with van der Waals surface area (Å²) in [6.45, 7) is 2.82. The number of nitrogens with two attached hydrogens (primary N) is 1. The molecule has 2 aromatic rings. The van der Waals surface area contributed by atoms with Crippen LogP contribution in [0.1, 0.15) is 28.9 Å². The molecule has 136 valence electrons. The molecule has 3 rings (SSSR count). The van der Waals surface area contributed by atoms with E-state index in [-0.39, 0.29) is 5.95 Å². The summed E-state index contributed by atoms with van der Waals surface area (Å²) in [4.78, 5) is 12.7. The molecule has 0 aliphatic carbocycles. The monoisotopic (exact) mass is 371 g/mol. The first-order chi connectivity index (χ1) is 12.3. The summed E-state index contributed by atoms with van der Waals surface area (Å²) >= 11 is 0. The third-order valence-electron chi connectivity index (χ3n) is 4.07. The predicted molar refractivity (Wildman–Crippen MR) is 104 cm³/mol. The second kappa shape index (κ2) is 7.43. The molecule has 1 aliphatic rings. The van der Waals surface area contributed by atoms with Crippen LogP contribution < -0.4 is 5.73 Å². The van der Waals surface area contributed by atoms with Gasteiger partial charge in [0.15, 0.2) is 0 Å². The number of nitrogens with zero attached hydrogens (tertiary/aromatic N) is 4. The van der Waals surface area contributed by atoms with E-state index in [2.05, 4.69) is 26.8 Å². The Morgan fingerprint density at radius 2 is 2.08 bits per heavy atom. The van der Waals surface area contributed by atoms with Gasteiger partial charge in [-0.05, 0) is 31.1 Å². The average Bonchev–Trinajstić information content (AvgIpc) is 2.60. The molecule has 0 bridgehead atoms. The van der Waals surface area contributed by atoms with E-state index in [1.54, 1.807) is 16.7 Å². The van der Waals surface area contributed by atoms with Crippen LogP contribution in [0.15, 0.2) is 30.6 Å². The van der Waals surface area contributed by atoms with Gasteiger partial charge in [-0.1, -0.05) is 17.9 Å². The van der Waals surface area contributed by atoms with Crippen molar-refractivity contribution in [1.29, 1.82) is 0 Å². The first-order valence-electron chi connectivity index (χ1n) is 8.08. The topological polar surface area (TPSA) is 108 Å². The number of anilines is 1. The van der Waals surface area contributed by atoms with Gasteiger partial charge >= 0.3 is 0 Å². The zero-order valence-corrected chi connectivity index (χ0v) is 15.5. The minimum absolute atomic E-state index is 0.201. The molecular formula is C18H21N5O2S. The van der Waals surface area contributed by atoms with E-state index < -0.39 is 10.8 Å². The van der Waals surface area contributed by atoms with Crippen LogP contribution in [0.5, 0.6) is 0 Å². The lowest BCUT2D eigenvalue weighted by Crippen LogP contribution is -2.31. The molecule has 8 heteroatoms. The molecule has 2 aromatic heterocycles. The molecule has 0 atom stereocenters. The standard InChI is InChI=1S/C18H21N5O2S/c1-13-16(6-5-14-4-3-9-20-12-14)17(22-18(19)21-13)15-7-10-23(11-8-15)26(2,24)25/h3-4,7,9,12,24-25H,8,10-11H2,1-2H3,(H2,19,21,22). The van der Waals surface area contributed by atoms with E-state index in [9.17, 15) is 9.11 Å². The summed E-state index contributed by atoms with van der Waals surface area (Å²) in [7, 11) is -2.71. The van der Waals surface area contributed by atoms with Gasteiger partial charge in [-0.15, -0.1) is 10.8 Å². The van der Waals surface area contributed by atoms with Gasteiger partial charge in [0.1, 0.15) is 0 Å². The van der Waals surface area contributed by atoms with Gasteiger partial charge in [0, 0.05) is 37.3 Å². The smallest absolute Gasteiger partial charge is 0.220 e. The quantitative estimate of drug-likeness (QED) is 0.696. The lowest BCUT2D eigenvalue weighted by molar-refractivity contribution is 0.371. The van der Waals surface area contributed by atoms with Crippen LogP contribution in [0.2, 0.25) is 0 Å². The number of hydrogen-bond donors (Lipinski definition) is 3. The van der Waals surface area contributed by atoms with Gasteiger partial charge in [-0.2, -0.15) is 0 Å². The molecule has 26 heavy (non-hydrogen) atoms. The highest BCUT2D eigenvalue weighted by atomic mass is 32.3. The van der Waals surface area contributed by atoms with Gasteiger partial charge in [-0.25, -0.2) is 14.3 Å². The Hall–Kier alpha value is -2.44. The number of nitrogen functional groups attached to an aromatic ring is 1. The average molecular weight is 371 g/mol. The van der Waals surface area contributed by atoms with Crippen molar-refractivity contribution < 1.29 is 9.11 Å².